The summed E-state index contributed by atoms with van der Waals surface area (Å²) in [4.78, 5) is 49.2. The van der Waals surface area contributed by atoms with E-state index in [2.05, 4.69) is 21.2 Å². The average Bonchev–Trinajstić information content (AvgIpc) is 3.02. The highest BCUT2D eigenvalue weighted by Gasteiger charge is 2.36. The van der Waals surface area contributed by atoms with Crippen molar-refractivity contribution in [3.05, 3.63) is 63.2 Å². The second-order valence-electron chi connectivity index (χ2n) is 6.61. The Hall–Kier alpha value is -3.18. The fourth-order valence-corrected chi connectivity index (χ4v) is 4.07. The maximum atomic E-state index is 12.9. The number of nitrogens with one attached hydrogen (secondary N) is 1. The summed E-state index contributed by atoms with van der Waals surface area (Å²) in [7, 11) is 0. The lowest BCUT2D eigenvalue weighted by Crippen LogP contribution is -2.34. The molecule has 2 aromatic carbocycles. The first-order valence-electron chi connectivity index (χ1n) is 9.65. The lowest BCUT2D eigenvalue weighted by Gasteiger charge is -2.11. The number of amides is 3. The highest BCUT2D eigenvalue weighted by molar-refractivity contribution is 9.10. The number of halogens is 2. The van der Waals surface area contributed by atoms with Crippen LogP contribution >= 0.6 is 27.7 Å². The molecule has 0 unspecified atom stereocenters. The highest BCUT2D eigenvalue weighted by Crippen LogP contribution is 2.33. The summed E-state index contributed by atoms with van der Waals surface area (Å²) in [5.41, 5.74) is 1.04. The number of esters is 1. The number of hydrogen-bond acceptors (Lipinski definition) is 7. The normalized spacial score (nSPS) is 14.5. The first kappa shape index (κ1) is 24.5. The number of carbonyl (C=O) groups is 4. The van der Waals surface area contributed by atoms with Crippen LogP contribution in [-0.4, -0.2) is 47.7 Å². The van der Waals surface area contributed by atoms with Crippen LogP contribution in [-0.2, 0) is 19.1 Å². The number of thioether (sulfide) groups is 1. The number of ether oxygens (including phenoxy) is 2. The van der Waals surface area contributed by atoms with Gasteiger partial charge in [-0.05, 0) is 82.7 Å². The molecule has 8 nitrogen and oxygen atoms in total. The Balaban J connectivity index is 1.60. The number of nitrogens with zero attached hydrogens (tertiary/aromatic N) is 1. The number of anilines is 1. The molecule has 0 saturated carbocycles. The van der Waals surface area contributed by atoms with Crippen LogP contribution in [0.5, 0.6) is 5.75 Å². The smallest absolute Gasteiger partial charge is 0.326 e. The van der Waals surface area contributed by atoms with Crippen molar-refractivity contribution in [3.8, 4) is 5.75 Å². The van der Waals surface area contributed by atoms with Gasteiger partial charge in [-0.1, -0.05) is 6.07 Å². The molecule has 0 radical (unpaired) electrons. The number of carbonyl (C=O) groups excluding carboxylic acids is 4. The Kier molecular flexibility index (Phi) is 8.23. The highest BCUT2D eigenvalue weighted by atomic mass is 79.9. The van der Waals surface area contributed by atoms with Crippen molar-refractivity contribution >= 4 is 62.5 Å². The summed E-state index contributed by atoms with van der Waals surface area (Å²) in [5, 5.41) is 2.04. The van der Waals surface area contributed by atoms with Gasteiger partial charge in [0.1, 0.15) is 18.1 Å². The van der Waals surface area contributed by atoms with E-state index < -0.39 is 35.4 Å². The Morgan fingerprint density at radius 1 is 1.18 bits per heavy atom. The molecular formula is C22H18BrFN2O6S. The van der Waals surface area contributed by atoms with Gasteiger partial charge in [-0.25, -0.2) is 4.39 Å². The first-order valence-corrected chi connectivity index (χ1v) is 11.3. The van der Waals surface area contributed by atoms with Crippen molar-refractivity contribution in [1.29, 1.82) is 0 Å². The van der Waals surface area contributed by atoms with Gasteiger partial charge in [-0.2, -0.15) is 0 Å². The van der Waals surface area contributed by atoms with Gasteiger partial charge in [0.15, 0.2) is 6.61 Å². The third kappa shape index (κ3) is 6.65. The molecule has 0 aliphatic carbocycles. The lowest BCUT2D eigenvalue weighted by molar-refractivity contribution is -0.146. The molecule has 172 valence electrons. The second kappa shape index (κ2) is 11.1. The van der Waals surface area contributed by atoms with Crippen molar-refractivity contribution in [2.24, 2.45) is 0 Å². The summed E-state index contributed by atoms with van der Waals surface area (Å²) in [6, 6.07) is 10.3. The van der Waals surface area contributed by atoms with Crippen LogP contribution in [0.3, 0.4) is 0 Å². The summed E-state index contributed by atoms with van der Waals surface area (Å²) >= 11 is 4.08. The van der Waals surface area contributed by atoms with Crippen molar-refractivity contribution in [3.63, 3.8) is 0 Å². The van der Waals surface area contributed by atoms with Crippen molar-refractivity contribution in [2.45, 2.75) is 6.92 Å². The van der Waals surface area contributed by atoms with E-state index in [-0.39, 0.29) is 18.1 Å². The van der Waals surface area contributed by atoms with E-state index in [4.69, 9.17) is 9.47 Å². The SMILES string of the molecule is CCOC(=O)CN1C(=O)SC(=Cc2ccc(OCC(=O)Nc3ccc(F)cc3)c(Br)c2)C1=O. The lowest BCUT2D eigenvalue weighted by atomic mass is 10.2. The third-order valence-corrected chi connectivity index (χ3v) is 5.73. The Morgan fingerprint density at radius 3 is 2.58 bits per heavy atom. The van der Waals surface area contributed by atoms with E-state index in [1.807, 2.05) is 0 Å². The molecule has 0 bridgehead atoms. The molecule has 3 rings (SSSR count). The van der Waals surface area contributed by atoms with Crippen LogP contribution < -0.4 is 10.1 Å². The fourth-order valence-electron chi connectivity index (χ4n) is 2.72. The minimum atomic E-state index is -0.659. The predicted molar refractivity (Wildman–Crippen MR) is 124 cm³/mol. The van der Waals surface area contributed by atoms with E-state index >= 15 is 0 Å². The van der Waals surface area contributed by atoms with Gasteiger partial charge in [0.2, 0.25) is 0 Å². The van der Waals surface area contributed by atoms with E-state index in [0.29, 0.717) is 21.5 Å². The largest absolute Gasteiger partial charge is 0.483 e. The van der Waals surface area contributed by atoms with Crippen LogP contribution in [0, 0.1) is 5.82 Å². The molecular weight excluding hydrogens is 519 g/mol. The van der Waals surface area contributed by atoms with Crippen LogP contribution in [0.15, 0.2) is 51.8 Å². The molecule has 3 amide bonds. The molecule has 1 aliphatic heterocycles. The molecule has 1 N–H and O–H groups in total. The molecule has 1 fully saturated rings. The molecule has 1 aliphatic rings. The zero-order valence-corrected chi connectivity index (χ0v) is 19.7. The van der Waals surface area contributed by atoms with Gasteiger partial charge in [0, 0.05) is 5.69 Å². The van der Waals surface area contributed by atoms with Crippen molar-refractivity contribution in [1.82, 2.24) is 4.90 Å². The first-order chi connectivity index (χ1) is 15.8. The van der Waals surface area contributed by atoms with Gasteiger partial charge in [-0.15, -0.1) is 0 Å². The summed E-state index contributed by atoms with van der Waals surface area (Å²) in [6.07, 6.45) is 1.52. The third-order valence-electron chi connectivity index (χ3n) is 4.21. The number of rotatable bonds is 8. The monoisotopic (exact) mass is 536 g/mol. The van der Waals surface area contributed by atoms with E-state index in [1.165, 1.54) is 30.3 Å². The molecule has 0 atom stereocenters. The predicted octanol–water partition coefficient (Wildman–Crippen LogP) is 4.21. The standard InChI is InChI=1S/C22H18BrFN2O6S/c1-2-31-20(28)11-26-21(29)18(33-22(26)30)10-13-3-8-17(16(23)9-13)32-12-19(27)25-15-6-4-14(24)5-7-15/h3-10H,2,11-12H2,1H3,(H,25,27). The van der Waals surface area contributed by atoms with Gasteiger partial charge in [-0.3, -0.25) is 24.1 Å². The Labute approximate surface area is 201 Å². The van der Waals surface area contributed by atoms with Crippen LogP contribution in [0.2, 0.25) is 0 Å². The zero-order valence-electron chi connectivity index (χ0n) is 17.3. The average molecular weight is 537 g/mol. The molecule has 2 aromatic rings. The fraction of sp³-hybridized carbons (Fsp3) is 0.182. The zero-order chi connectivity index (χ0) is 24.0. The van der Waals surface area contributed by atoms with Crippen LogP contribution in [0.4, 0.5) is 14.9 Å². The quantitative estimate of drug-likeness (QED) is 0.398. The van der Waals surface area contributed by atoms with Gasteiger partial charge < -0.3 is 14.8 Å². The second-order valence-corrected chi connectivity index (χ2v) is 8.45. The maximum absolute atomic E-state index is 12.9. The summed E-state index contributed by atoms with van der Waals surface area (Å²) in [6.45, 7) is 1.07. The Bertz CT molecular complexity index is 1120. The van der Waals surface area contributed by atoms with Gasteiger partial charge in [0.05, 0.1) is 16.0 Å². The van der Waals surface area contributed by atoms with E-state index in [1.54, 1.807) is 25.1 Å². The molecule has 1 heterocycles. The summed E-state index contributed by atoms with van der Waals surface area (Å²) in [5.74, 6) is -1.68. The van der Waals surface area contributed by atoms with Gasteiger partial charge >= 0.3 is 5.97 Å². The molecule has 11 heteroatoms. The van der Waals surface area contributed by atoms with Crippen molar-refractivity contribution in [2.75, 3.05) is 25.1 Å². The molecule has 1 saturated heterocycles. The summed E-state index contributed by atoms with van der Waals surface area (Å²) < 4.78 is 23.7. The molecule has 0 spiro atoms. The number of benzene rings is 2. The van der Waals surface area contributed by atoms with E-state index in [0.717, 1.165) is 16.7 Å². The number of imide groups is 1. The molecule has 0 aromatic heterocycles. The van der Waals surface area contributed by atoms with Crippen LogP contribution in [0.1, 0.15) is 12.5 Å². The minimum Gasteiger partial charge on any atom is -0.483 e. The van der Waals surface area contributed by atoms with Crippen LogP contribution in [0.25, 0.3) is 6.08 Å². The van der Waals surface area contributed by atoms with Gasteiger partial charge in [0.25, 0.3) is 17.1 Å². The maximum Gasteiger partial charge on any atom is 0.326 e. The van der Waals surface area contributed by atoms with E-state index in [9.17, 15) is 23.6 Å². The minimum absolute atomic E-state index is 0.154. The molecule has 33 heavy (non-hydrogen) atoms. The topological polar surface area (TPSA) is 102 Å². The Morgan fingerprint density at radius 2 is 1.91 bits per heavy atom. The number of hydrogen-bond donors (Lipinski definition) is 1. The van der Waals surface area contributed by atoms with Crippen molar-refractivity contribution < 1.29 is 33.0 Å².